The maximum absolute atomic E-state index is 5.86. The third-order valence-electron chi connectivity index (χ3n) is 4.01. The molecule has 0 aliphatic heterocycles. The minimum absolute atomic E-state index is 0.184. The molecule has 0 aromatic carbocycles. The Labute approximate surface area is 152 Å². The number of halogens is 1. The van der Waals surface area contributed by atoms with E-state index < -0.39 is 0 Å². The molecule has 0 amide bonds. The first-order chi connectivity index (χ1) is 12.1. The van der Waals surface area contributed by atoms with E-state index in [0.29, 0.717) is 23.7 Å². The first kappa shape index (κ1) is 15.9. The van der Waals surface area contributed by atoms with Gasteiger partial charge in [0.15, 0.2) is 5.82 Å². The second-order valence-corrected chi connectivity index (χ2v) is 6.82. The van der Waals surface area contributed by atoms with Gasteiger partial charge in [0.25, 0.3) is 12.0 Å². The normalized spacial score (nSPS) is 17.7. The van der Waals surface area contributed by atoms with Crippen LogP contribution in [0.15, 0.2) is 33.7 Å². The Morgan fingerprint density at radius 2 is 2.12 bits per heavy atom. The molecule has 1 unspecified atom stereocenters. The predicted molar refractivity (Wildman–Crippen MR) is 95.3 cm³/mol. The highest BCUT2D eigenvalue weighted by Gasteiger charge is 2.23. The van der Waals surface area contributed by atoms with Crippen molar-refractivity contribution in [3.05, 3.63) is 46.5 Å². The second kappa shape index (κ2) is 6.40. The van der Waals surface area contributed by atoms with Gasteiger partial charge in [-0.05, 0) is 25.0 Å². The first-order valence-electron chi connectivity index (χ1n) is 7.92. The predicted octanol–water partition coefficient (Wildman–Crippen LogP) is 3.15. The van der Waals surface area contributed by atoms with Crippen molar-refractivity contribution in [3.8, 4) is 5.95 Å². The van der Waals surface area contributed by atoms with Crippen LogP contribution in [0.3, 0.4) is 0 Å². The van der Waals surface area contributed by atoms with Crippen molar-refractivity contribution in [3.63, 3.8) is 0 Å². The summed E-state index contributed by atoms with van der Waals surface area (Å²) in [5, 5.41) is 7.45. The van der Waals surface area contributed by atoms with Crippen molar-refractivity contribution in [2.75, 3.05) is 5.32 Å². The number of nitrogens with one attached hydrogen (secondary N) is 1. The first-order valence-corrected chi connectivity index (χ1v) is 8.71. The molecule has 9 heteroatoms. The topological polar surface area (TPSA) is 94.6 Å². The molecule has 1 aliphatic rings. The summed E-state index contributed by atoms with van der Waals surface area (Å²) in [5.41, 5.74) is 0.854. The van der Waals surface area contributed by atoms with Crippen LogP contribution in [0.1, 0.15) is 37.2 Å². The largest absolute Gasteiger partial charge is 0.428 e. The van der Waals surface area contributed by atoms with Gasteiger partial charge >= 0.3 is 0 Å². The van der Waals surface area contributed by atoms with E-state index >= 15 is 0 Å². The fourth-order valence-electron chi connectivity index (χ4n) is 2.68. The van der Waals surface area contributed by atoms with Crippen molar-refractivity contribution >= 4 is 28.0 Å². The number of oxazole rings is 1. The highest BCUT2D eigenvalue weighted by molar-refractivity contribution is 9.11. The number of aromatic nitrogens is 6. The van der Waals surface area contributed by atoms with Crippen LogP contribution in [-0.4, -0.2) is 29.7 Å². The molecule has 3 aromatic rings. The van der Waals surface area contributed by atoms with E-state index in [4.69, 9.17) is 4.42 Å². The SMILES string of the molecule is CC1Cc2oc(N[C@@H](C)c3ncnn3-c3ncccn3)nc2C=C1Br. The van der Waals surface area contributed by atoms with E-state index in [0.717, 1.165) is 22.4 Å². The van der Waals surface area contributed by atoms with Crippen molar-refractivity contribution in [2.24, 2.45) is 5.92 Å². The molecule has 0 saturated carbocycles. The summed E-state index contributed by atoms with van der Waals surface area (Å²) >= 11 is 3.57. The fourth-order valence-corrected chi connectivity index (χ4v) is 3.06. The maximum Gasteiger partial charge on any atom is 0.295 e. The molecule has 0 saturated heterocycles. The van der Waals surface area contributed by atoms with Gasteiger partial charge in [-0.1, -0.05) is 22.9 Å². The molecule has 25 heavy (non-hydrogen) atoms. The summed E-state index contributed by atoms with van der Waals surface area (Å²) in [7, 11) is 0. The Kier molecular flexibility index (Phi) is 4.08. The lowest BCUT2D eigenvalue weighted by atomic mass is 9.99. The van der Waals surface area contributed by atoms with Crippen molar-refractivity contribution in [1.29, 1.82) is 0 Å². The quantitative estimate of drug-likeness (QED) is 0.716. The van der Waals surface area contributed by atoms with Crippen LogP contribution in [-0.2, 0) is 6.42 Å². The summed E-state index contributed by atoms with van der Waals surface area (Å²) in [6.07, 6.45) is 7.64. The van der Waals surface area contributed by atoms with Crippen molar-refractivity contribution < 1.29 is 4.42 Å². The minimum atomic E-state index is -0.184. The Balaban J connectivity index is 1.57. The number of hydrogen-bond donors (Lipinski definition) is 1. The third kappa shape index (κ3) is 3.07. The third-order valence-corrected chi connectivity index (χ3v) is 5.02. The molecule has 0 bridgehead atoms. The molecule has 1 N–H and O–H groups in total. The van der Waals surface area contributed by atoms with Crippen LogP contribution >= 0.6 is 15.9 Å². The molecule has 0 radical (unpaired) electrons. The number of rotatable bonds is 4. The molecule has 3 heterocycles. The van der Waals surface area contributed by atoms with Gasteiger partial charge < -0.3 is 9.73 Å². The maximum atomic E-state index is 5.86. The van der Waals surface area contributed by atoms with E-state index in [-0.39, 0.29) is 6.04 Å². The van der Waals surface area contributed by atoms with Crippen LogP contribution in [0, 0.1) is 5.92 Å². The molecule has 3 aromatic heterocycles. The lowest BCUT2D eigenvalue weighted by Crippen LogP contribution is -2.15. The standard InChI is InChI=1S/C16H16BrN7O/c1-9-6-13-12(7-11(9)17)23-16(25-13)22-10(2)14-20-8-21-24(14)15-18-4-3-5-19-15/h3-5,7-10H,6H2,1-2H3,(H,22,23)/t9?,10-/m0/s1. The summed E-state index contributed by atoms with van der Waals surface area (Å²) in [4.78, 5) is 17.3. The zero-order valence-electron chi connectivity index (χ0n) is 13.7. The molecule has 8 nitrogen and oxygen atoms in total. The summed E-state index contributed by atoms with van der Waals surface area (Å²) in [6, 6.07) is 2.04. The summed E-state index contributed by atoms with van der Waals surface area (Å²) < 4.78 is 8.59. The number of fused-ring (bicyclic) bond motifs is 1. The minimum Gasteiger partial charge on any atom is -0.428 e. The zero-order valence-corrected chi connectivity index (χ0v) is 15.3. The van der Waals surface area contributed by atoms with Gasteiger partial charge in [-0.15, -0.1) is 0 Å². The van der Waals surface area contributed by atoms with Crippen LogP contribution in [0.25, 0.3) is 12.0 Å². The number of hydrogen-bond acceptors (Lipinski definition) is 7. The average molecular weight is 402 g/mol. The van der Waals surface area contributed by atoms with Crippen LogP contribution in [0.2, 0.25) is 0 Å². The van der Waals surface area contributed by atoms with Crippen LogP contribution < -0.4 is 5.32 Å². The van der Waals surface area contributed by atoms with Gasteiger partial charge in [0.2, 0.25) is 0 Å². The molecule has 128 valence electrons. The average Bonchev–Trinajstić information content (AvgIpc) is 3.23. The Hall–Kier alpha value is -2.55. The van der Waals surface area contributed by atoms with E-state index in [2.05, 4.69) is 53.2 Å². The zero-order chi connectivity index (χ0) is 17.4. The van der Waals surface area contributed by atoms with Crippen molar-refractivity contribution in [1.82, 2.24) is 29.7 Å². The lowest BCUT2D eigenvalue weighted by Gasteiger charge is -2.13. The monoisotopic (exact) mass is 401 g/mol. The van der Waals surface area contributed by atoms with Gasteiger partial charge in [-0.3, -0.25) is 0 Å². The number of nitrogens with zero attached hydrogens (tertiary/aromatic N) is 6. The summed E-state index contributed by atoms with van der Waals surface area (Å²) in [6.45, 7) is 4.10. The van der Waals surface area contributed by atoms with Crippen LogP contribution in [0.5, 0.6) is 0 Å². The fraction of sp³-hybridized carbons (Fsp3) is 0.312. The van der Waals surface area contributed by atoms with E-state index in [1.165, 1.54) is 6.33 Å². The van der Waals surface area contributed by atoms with E-state index in [1.54, 1.807) is 23.1 Å². The highest BCUT2D eigenvalue weighted by atomic mass is 79.9. The van der Waals surface area contributed by atoms with Gasteiger partial charge in [0.1, 0.15) is 17.8 Å². The van der Waals surface area contributed by atoms with Gasteiger partial charge in [0.05, 0.1) is 6.04 Å². The van der Waals surface area contributed by atoms with Gasteiger partial charge in [-0.25, -0.2) is 15.0 Å². The molecule has 0 spiro atoms. The van der Waals surface area contributed by atoms with Crippen molar-refractivity contribution in [2.45, 2.75) is 26.3 Å². The Bertz CT molecular complexity index is 918. The molecular weight excluding hydrogens is 386 g/mol. The number of allylic oxidation sites excluding steroid dienone is 1. The molecule has 2 atom stereocenters. The highest BCUT2D eigenvalue weighted by Crippen LogP contribution is 2.33. The second-order valence-electron chi connectivity index (χ2n) is 5.91. The molecule has 4 rings (SSSR count). The lowest BCUT2D eigenvalue weighted by molar-refractivity contribution is 0.483. The Morgan fingerprint density at radius 1 is 1.32 bits per heavy atom. The van der Waals surface area contributed by atoms with Gasteiger partial charge in [0, 0.05) is 23.3 Å². The number of anilines is 1. The summed E-state index contributed by atoms with van der Waals surface area (Å²) in [5.74, 6) is 2.42. The smallest absolute Gasteiger partial charge is 0.295 e. The van der Waals surface area contributed by atoms with E-state index in [1.807, 2.05) is 13.0 Å². The molecule has 0 fully saturated rings. The molecule has 1 aliphatic carbocycles. The van der Waals surface area contributed by atoms with Gasteiger partial charge in [-0.2, -0.15) is 14.8 Å². The van der Waals surface area contributed by atoms with Crippen LogP contribution in [0.4, 0.5) is 6.01 Å². The molecular formula is C16H16BrN7O. The van der Waals surface area contributed by atoms with E-state index in [9.17, 15) is 0 Å². The Morgan fingerprint density at radius 3 is 2.92 bits per heavy atom.